The molecule has 2 N–H and O–H groups in total. The first-order valence-electron chi connectivity index (χ1n) is 8.82. The van der Waals surface area contributed by atoms with Crippen molar-refractivity contribution in [2.45, 2.75) is 26.9 Å². The molecule has 0 amide bonds. The minimum absolute atomic E-state index is 0.0105. The largest absolute Gasteiger partial charge is 0.502 e. The van der Waals surface area contributed by atoms with Crippen molar-refractivity contribution in [3.8, 4) is 28.5 Å². The van der Waals surface area contributed by atoms with Crippen LogP contribution >= 0.6 is 0 Å². The van der Waals surface area contributed by atoms with Crippen LogP contribution in [0.5, 0.6) is 17.2 Å². The number of hydrogen-bond donors (Lipinski definition) is 2. The smallest absolute Gasteiger partial charge is 0.200 e. The minimum Gasteiger partial charge on any atom is -0.502 e. The number of fused-ring (bicyclic) bond motifs is 3. The Labute approximate surface area is 158 Å². The number of anilines is 1. The van der Waals surface area contributed by atoms with Gasteiger partial charge in [0.15, 0.2) is 11.5 Å². The molecule has 0 aliphatic carbocycles. The Balaban J connectivity index is 1.93. The van der Waals surface area contributed by atoms with Crippen LogP contribution in [0.15, 0.2) is 30.3 Å². The Morgan fingerprint density at radius 2 is 1.67 bits per heavy atom. The number of nitrogens with one attached hydrogen (secondary N) is 1. The molecular formula is C21H23N3O3. The number of rotatable bonds is 3. The van der Waals surface area contributed by atoms with E-state index in [1.54, 1.807) is 0 Å². The van der Waals surface area contributed by atoms with E-state index in [1.165, 1.54) is 25.3 Å². The normalized spacial score (nSPS) is 14.9. The second-order valence-electron chi connectivity index (χ2n) is 6.94. The summed E-state index contributed by atoms with van der Waals surface area (Å²) in [7, 11) is 3.05. The number of phenolic OH excluding ortho intramolecular Hbond substituents is 1. The predicted octanol–water partition coefficient (Wildman–Crippen LogP) is 4.17. The third-order valence-corrected chi connectivity index (χ3v) is 4.96. The lowest BCUT2D eigenvalue weighted by molar-refractivity contribution is 0.338. The first-order valence-corrected chi connectivity index (χ1v) is 8.82. The van der Waals surface area contributed by atoms with E-state index in [4.69, 9.17) is 14.6 Å². The number of benzene rings is 2. The van der Waals surface area contributed by atoms with Crippen LogP contribution in [0.25, 0.3) is 11.3 Å². The number of aryl methyl sites for hydroxylation is 3. The van der Waals surface area contributed by atoms with Crippen LogP contribution in [-0.2, 0) is 0 Å². The van der Waals surface area contributed by atoms with Gasteiger partial charge in [0.05, 0.1) is 25.6 Å². The van der Waals surface area contributed by atoms with Crippen molar-refractivity contribution in [1.82, 2.24) is 9.78 Å². The molecule has 3 aromatic rings. The first-order chi connectivity index (χ1) is 12.9. The molecule has 2 aromatic carbocycles. The van der Waals surface area contributed by atoms with Crippen molar-refractivity contribution >= 4 is 5.69 Å². The highest BCUT2D eigenvalue weighted by Gasteiger charge is 2.29. The molecule has 1 aliphatic heterocycles. The summed E-state index contributed by atoms with van der Waals surface area (Å²) in [5.74, 6) is 0.717. The molecular weight excluding hydrogens is 342 g/mol. The lowest BCUT2D eigenvalue weighted by Gasteiger charge is -2.31. The number of hydrogen-bond acceptors (Lipinski definition) is 5. The maximum Gasteiger partial charge on any atom is 0.200 e. The van der Waals surface area contributed by atoms with E-state index in [1.807, 2.05) is 23.7 Å². The summed E-state index contributed by atoms with van der Waals surface area (Å²) in [6, 6.07) is 10.1. The maximum absolute atomic E-state index is 10.3. The Morgan fingerprint density at radius 1 is 1.00 bits per heavy atom. The number of ether oxygens (including phenoxy) is 2. The van der Waals surface area contributed by atoms with Crippen molar-refractivity contribution in [3.05, 3.63) is 52.7 Å². The average Bonchev–Trinajstić information content (AvgIpc) is 3.03. The first kappa shape index (κ1) is 17.3. The molecule has 0 fully saturated rings. The van der Waals surface area contributed by atoms with Crippen LogP contribution in [-0.4, -0.2) is 29.1 Å². The SMILES string of the molecule is COc1cc(C2Nc3c(C)cc(C)cc3-c3cc(C)nn32)cc(OC)c1O. The molecule has 0 saturated carbocycles. The molecule has 0 radical (unpaired) electrons. The summed E-state index contributed by atoms with van der Waals surface area (Å²) in [6.07, 6.45) is -0.244. The fraction of sp³-hybridized carbons (Fsp3) is 0.286. The standard InChI is InChI=1S/C21H23N3O3/c1-11-6-12(2)19-15(7-11)16-8-13(3)23-24(16)21(22-19)14-9-17(26-4)20(25)18(10-14)27-5/h6-10,21-22,25H,1-5H3. The second kappa shape index (κ2) is 6.23. The molecule has 0 bridgehead atoms. The third-order valence-electron chi connectivity index (χ3n) is 4.96. The fourth-order valence-corrected chi connectivity index (χ4v) is 3.77. The van der Waals surface area contributed by atoms with Gasteiger partial charge in [-0.25, -0.2) is 4.68 Å². The highest BCUT2D eigenvalue weighted by Crippen LogP contribution is 2.44. The van der Waals surface area contributed by atoms with Crippen LogP contribution in [0, 0.1) is 20.8 Å². The van der Waals surface area contributed by atoms with Crippen LogP contribution in [0.2, 0.25) is 0 Å². The molecule has 27 heavy (non-hydrogen) atoms. The van der Waals surface area contributed by atoms with E-state index in [-0.39, 0.29) is 11.9 Å². The lowest BCUT2D eigenvalue weighted by Crippen LogP contribution is -2.26. The summed E-state index contributed by atoms with van der Waals surface area (Å²) < 4.78 is 12.6. The van der Waals surface area contributed by atoms with Gasteiger partial charge in [-0.3, -0.25) is 0 Å². The van der Waals surface area contributed by atoms with Gasteiger partial charge in [-0.2, -0.15) is 5.10 Å². The van der Waals surface area contributed by atoms with Crippen molar-refractivity contribution in [3.63, 3.8) is 0 Å². The van der Waals surface area contributed by atoms with Gasteiger partial charge in [0.25, 0.3) is 0 Å². The zero-order valence-electron chi connectivity index (χ0n) is 16.1. The van der Waals surface area contributed by atoms with E-state index in [9.17, 15) is 5.11 Å². The molecule has 2 heterocycles. The zero-order chi connectivity index (χ0) is 19.3. The molecule has 6 heteroatoms. The van der Waals surface area contributed by atoms with Crippen molar-refractivity contribution in [1.29, 1.82) is 0 Å². The summed E-state index contributed by atoms with van der Waals surface area (Å²) in [5, 5.41) is 18.6. The minimum atomic E-state index is -0.244. The summed E-state index contributed by atoms with van der Waals surface area (Å²) in [4.78, 5) is 0. The lowest BCUT2D eigenvalue weighted by atomic mass is 9.98. The Kier molecular flexibility index (Phi) is 3.98. The number of nitrogens with zero attached hydrogens (tertiary/aromatic N) is 2. The van der Waals surface area contributed by atoms with Crippen LogP contribution in [0.1, 0.15) is 28.6 Å². The quantitative estimate of drug-likeness (QED) is 0.729. The van der Waals surface area contributed by atoms with Gasteiger partial charge in [-0.1, -0.05) is 11.6 Å². The predicted molar refractivity (Wildman–Crippen MR) is 105 cm³/mol. The van der Waals surface area contributed by atoms with Gasteiger partial charge in [0.2, 0.25) is 5.75 Å². The van der Waals surface area contributed by atoms with Crippen molar-refractivity contribution in [2.75, 3.05) is 19.5 Å². The van der Waals surface area contributed by atoms with E-state index in [0.717, 1.165) is 28.2 Å². The summed E-state index contributed by atoms with van der Waals surface area (Å²) >= 11 is 0. The van der Waals surface area contributed by atoms with Crippen molar-refractivity contribution < 1.29 is 14.6 Å². The number of aromatic nitrogens is 2. The topological polar surface area (TPSA) is 68.5 Å². The number of phenols is 1. The second-order valence-corrected chi connectivity index (χ2v) is 6.94. The van der Waals surface area contributed by atoms with Gasteiger partial charge in [0.1, 0.15) is 6.17 Å². The maximum atomic E-state index is 10.3. The van der Waals surface area contributed by atoms with Gasteiger partial charge in [-0.05, 0) is 50.6 Å². The van der Waals surface area contributed by atoms with Crippen LogP contribution in [0.3, 0.4) is 0 Å². The zero-order valence-corrected chi connectivity index (χ0v) is 16.1. The van der Waals surface area contributed by atoms with E-state index < -0.39 is 0 Å². The van der Waals surface area contributed by atoms with E-state index in [2.05, 4.69) is 37.4 Å². The molecule has 0 saturated heterocycles. The van der Waals surface area contributed by atoms with E-state index in [0.29, 0.717) is 11.5 Å². The molecule has 6 nitrogen and oxygen atoms in total. The summed E-state index contributed by atoms with van der Waals surface area (Å²) in [5.41, 5.74) is 7.51. The average molecular weight is 365 g/mol. The molecule has 1 aliphatic rings. The van der Waals surface area contributed by atoms with Crippen LogP contribution in [0.4, 0.5) is 5.69 Å². The molecule has 140 valence electrons. The van der Waals surface area contributed by atoms with Gasteiger partial charge in [0, 0.05) is 16.8 Å². The Morgan fingerprint density at radius 3 is 2.30 bits per heavy atom. The number of methoxy groups -OCH3 is 2. The molecule has 0 spiro atoms. The molecule has 4 rings (SSSR count). The molecule has 1 aromatic heterocycles. The molecule has 1 unspecified atom stereocenters. The van der Waals surface area contributed by atoms with Gasteiger partial charge < -0.3 is 19.9 Å². The summed E-state index contributed by atoms with van der Waals surface area (Å²) in [6.45, 7) is 6.19. The highest BCUT2D eigenvalue weighted by molar-refractivity contribution is 5.82. The van der Waals surface area contributed by atoms with Crippen molar-refractivity contribution in [2.24, 2.45) is 0 Å². The van der Waals surface area contributed by atoms with Gasteiger partial charge in [-0.15, -0.1) is 0 Å². The van der Waals surface area contributed by atoms with Crippen LogP contribution < -0.4 is 14.8 Å². The Hall–Kier alpha value is -3.15. The van der Waals surface area contributed by atoms with Gasteiger partial charge >= 0.3 is 0 Å². The molecule has 1 atom stereocenters. The number of aromatic hydroxyl groups is 1. The van der Waals surface area contributed by atoms with E-state index >= 15 is 0 Å². The highest BCUT2D eigenvalue weighted by atomic mass is 16.5. The Bertz CT molecular complexity index is 1010. The fourth-order valence-electron chi connectivity index (χ4n) is 3.77. The monoisotopic (exact) mass is 365 g/mol. The third kappa shape index (κ3) is 2.68.